The molecule has 0 aliphatic carbocycles. The predicted molar refractivity (Wildman–Crippen MR) is 73.4 cm³/mol. The maximum Gasteiger partial charge on any atom is 0.0416 e. The minimum absolute atomic E-state index is 0. The van der Waals surface area contributed by atoms with Crippen LogP contribution in [-0.4, -0.2) is 24.0 Å². The molecule has 0 bridgehead atoms. The average molecular weight is 261 g/mol. The van der Waals surface area contributed by atoms with E-state index >= 15 is 0 Å². The van der Waals surface area contributed by atoms with Gasteiger partial charge in [-0.25, -0.2) is 0 Å². The van der Waals surface area contributed by atoms with E-state index in [-0.39, 0.29) is 12.4 Å². The predicted octanol–water partition coefficient (Wildman–Crippen LogP) is 3.04. The number of piperidine rings is 1. The SMILES string of the molecule is CC(c1cccs1)N1CCCCC1CN.Cl. The quantitative estimate of drug-likeness (QED) is 0.905. The maximum absolute atomic E-state index is 5.85. The Bertz CT molecular complexity index is 289. The molecule has 16 heavy (non-hydrogen) atoms. The van der Waals surface area contributed by atoms with E-state index in [0.717, 1.165) is 6.54 Å². The van der Waals surface area contributed by atoms with Gasteiger partial charge in [-0.1, -0.05) is 12.5 Å². The second-order valence-corrected chi connectivity index (χ2v) is 5.29. The molecule has 0 aromatic carbocycles. The molecule has 92 valence electrons. The van der Waals surface area contributed by atoms with Crippen molar-refractivity contribution in [3.05, 3.63) is 22.4 Å². The van der Waals surface area contributed by atoms with Crippen molar-refractivity contribution in [2.24, 2.45) is 5.73 Å². The Morgan fingerprint density at radius 2 is 2.38 bits per heavy atom. The molecule has 2 rings (SSSR count). The summed E-state index contributed by atoms with van der Waals surface area (Å²) in [6.07, 6.45) is 3.94. The number of nitrogens with two attached hydrogens (primary N) is 1. The van der Waals surface area contributed by atoms with Crippen molar-refractivity contribution in [1.82, 2.24) is 4.90 Å². The van der Waals surface area contributed by atoms with Crippen LogP contribution >= 0.6 is 23.7 Å². The molecule has 0 radical (unpaired) electrons. The summed E-state index contributed by atoms with van der Waals surface area (Å²) in [7, 11) is 0. The normalized spacial score (nSPS) is 23.8. The molecule has 1 aliphatic rings. The van der Waals surface area contributed by atoms with Gasteiger partial charge in [-0.2, -0.15) is 0 Å². The first-order chi connectivity index (χ1) is 7.33. The summed E-state index contributed by atoms with van der Waals surface area (Å²) in [5, 5.41) is 2.16. The highest BCUT2D eigenvalue weighted by molar-refractivity contribution is 7.10. The minimum Gasteiger partial charge on any atom is -0.329 e. The third kappa shape index (κ3) is 2.98. The monoisotopic (exact) mass is 260 g/mol. The van der Waals surface area contributed by atoms with Crippen molar-refractivity contribution in [2.45, 2.75) is 38.3 Å². The van der Waals surface area contributed by atoms with Gasteiger partial charge >= 0.3 is 0 Å². The van der Waals surface area contributed by atoms with Gasteiger partial charge in [0.15, 0.2) is 0 Å². The van der Waals surface area contributed by atoms with E-state index in [9.17, 15) is 0 Å². The van der Waals surface area contributed by atoms with Gasteiger partial charge in [-0.3, -0.25) is 4.90 Å². The lowest BCUT2D eigenvalue weighted by atomic mass is 10.00. The fourth-order valence-electron chi connectivity index (χ4n) is 2.48. The van der Waals surface area contributed by atoms with Crippen molar-refractivity contribution >= 4 is 23.7 Å². The van der Waals surface area contributed by atoms with Gasteiger partial charge in [-0.05, 0) is 37.8 Å². The molecule has 2 unspecified atom stereocenters. The van der Waals surface area contributed by atoms with Crippen LogP contribution < -0.4 is 5.73 Å². The summed E-state index contributed by atoms with van der Waals surface area (Å²) in [6, 6.07) is 5.50. The first-order valence-electron chi connectivity index (χ1n) is 5.82. The van der Waals surface area contributed by atoms with Crippen molar-refractivity contribution in [2.75, 3.05) is 13.1 Å². The van der Waals surface area contributed by atoms with Gasteiger partial charge in [0, 0.05) is 23.5 Å². The van der Waals surface area contributed by atoms with Gasteiger partial charge in [0.05, 0.1) is 0 Å². The zero-order valence-electron chi connectivity index (χ0n) is 9.76. The third-order valence-electron chi connectivity index (χ3n) is 3.40. The topological polar surface area (TPSA) is 29.3 Å². The Hall–Kier alpha value is -0.0900. The van der Waals surface area contributed by atoms with Crippen LogP contribution in [0.4, 0.5) is 0 Å². The number of nitrogens with zero attached hydrogens (tertiary/aromatic N) is 1. The number of halogens is 1. The van der Waals surface area contributed by atoms with Gasteiger partial charge < -0.3 is 5.73 Å². The second kappa shape index (κ2) is 6.60. The molecule has 0 saturated carbocycles. The lowest BCUT2D eigenvalue weighted by Crippen LogP contribution is -2.45. The summed E-state index contributed by atoms with van der Waals surface area (Å²) < 4.78 is 0. The summed E-state index contributed by atoms with van der Waals surface area (Å²) in [5.74, 6) is 0. The molecule has 1 fully saturated rings. The smallest absolute Gasteiger partial charge is 0.0416 e. The standard InChI is InChI=1S/C12H20N2S.ClH/c1-10(12-6-4-8-15-12)14-7-3-2-5-11(14)9-13;/h4,6,8,10-11H,2-3,5,7,9,13H2,1H3;1H. The molecule has 1 aromatic heterocycles. The van der Waals surface area contributed by atoms with E-state index in [0.29, 0.717) is 12.1 Å². The zero-order valence-corrected chi connectivity index (χ0v) is 11.4. The van der Waals surface area contributed by atoms with Gasteiger partial charge in [0.1, 0.15) is 0 Å². The highest BCUT2D eigenvalue weighted by atomic mass is 35.5. The van der Waals surface area contributed by atoms with Crippen LogP contribution in [0.25, 0.3) is 0 Å². The molecule has 2 N–H and O–H groups in total. The van der Waals surface area contributed by atoms with E-state index in [1.807, 2.05) is 11.3 Å². The minimum atomic E-state index is 0. The molecular weight excluding hydrogens is 240 g/mol. The highest BCUT2D eigenvalue weighted by Crippen LogP contribution is 2.30. The molecule has 2 atom stereocenters. The van der Waals surface area contributed by atoms with Crippen LogP contribution in [-0.2, 0) is 0 Å². The highest BCUT2D eigenvalue weighted by Gasteiger charge is 2.26. The summed E-state index contributed by atoms with van der Waals surface area (Å²) >= 11 is 1.85. The Morgan fingerprint density at radius 3 is 3.00 bits per heavy atom. The van der Waals surface area contributed by atoms with E-state index in [4.69, 9.17) is 5.73 Å². The Kier molecular flexibility index (Phi) is 5.76. The molecule has 1 aliphatic heterocycles. The van der Waals surface area contributed by atoms with Crippen LogP contribution in [0.2, 0.25) is 0 Å². The first kappa shape index (κ1) is 14.0. The van der Waals surface area contributed by atoms with Crippen molar-refractivity contribution in [3.63, 3.8) is 0 Å². The zero-order chi connectivity index (χ0) is 10.7. The fraction of sp³-hybridized carbons (Fsp3) is 0.667. The van der Waals surface area contributed by atoms with E-state index < -0.39 is 0 Å². The first-order valence-corrected chi connectivity index (χ1v) is 6.70. The molecule has 2 nitrogen and oxygen atoms in total. The van der Waals surface area contributed by atoms with Crippen LogP contribution in [0.3, 0.4) is 0 Å². The maximum atomic E-state index is 5.85. The van der Waals surface area contributed by atoms with Crippen molar-refractivity contribution in [3.8, 4) is 0 Å². The number of hydrogen-bond donors (Lipinski definition) is 1. The van der Waals surface area contributed by atoms with E-state index in [1.165, 1.54) is 30.7 Å². The van der Waals surface area contributed by atoms with Gasteiger partial charge in [0.25, 0.3) is 0 Å². The molecule has 0 spiro atoms. The summed E-state index contributed by atoms with van der Waals surface area (Å²) in [4.78, 5) is 4.05. The van der Waals surface area contributed by atoms with E-state index in [1.54, 1.807) is 0 Å². The molecule has 1 saturated heterocycles. The van der Waals surface area contributed by atoms with E-state index in [2.05, 4.69) is 29.3 Å². The Balaban J connectivity index is 0.00000128. The Morgan fingerprint density at radius 1 is 1.56 bits per heavy atom. The fourth-order valence-corrected chi connectivity index (χ4v) is 3.28. The molecule has 1 aromatic rings. The molecule has 4 heteroatoms. The Labute approximate surface area is 108 Å². The summed E-state index contributed by atoms with van der Waals surface area (Å²) in [5.41, 5.74) is 5.85. The molecule has 0 amide bonds. The lowest BCUT2D eigenvalue weighted by Gasteiger charge is -2.39. The second-order valence-electron chi connectivity index (χ2n) is 4.31. The van der Waals surface area contributed by atoms with Gasteiger partial charge in [0.2, 0.25) is 0 Å². The average Bonchev–Trinajstić information content (AvgIpc) is 2.81. The summed E-state index contributed by atoms with van der Waals surface area (Å²) in [6.45, 7) is 4.32. The van der Waals surface area contributed by atoms with Crippen molar-refractivity contribution in [1.29, 1.82) is 0 Å². The number of rotatable bonds is 3. The number of hydrogen-bond acceptors (Lipinski definition) is 3. The lowest BCUT2D eigenvalue weighted by molar-refractivity contribution is 0.109. The van der Waals surface area contributed by atoms with Crippen LogP contribution in [0.5, 0.6) is 0 Å². The number of thiophene rings is 1. The van der Waals surface area contributed by atoms with Gasteiger partial charge in [-0.15, -0.1) is 23.7 Å². The molecule has 2 heterocycles. The van der Waals surface area contributed by atoms with Crippen LogP contribution in [0, 0.1) is 0 Å². The van der Waals surface area contributed by atoms with Crippen molar-refractivity contribution < 1.29 is 0 Å². The van der Waals surface area contributed by atoms with Crippen LogP contribution in [0.15, 0.2) is 17.5 Å². The molecular formula is C12H21ClN2S. The number of likely N-dealkylation sites (tertiary alicyclic amines) is 1. The largest absolute Gasteiger partial charge is 0.329 e. The van der Waals surface area contributed by atoms with Crippen LogP contribution in [0.1, 0.15) is 37.1 Å². The third-order valence-corrected chi connectivity index (χ3v) is 4.44.